The number of aliphatic hydroxyl groups is 2. The molecule has 0 radical (unpaired) electrons. The molecule has 0 fully saturated rings. The Morgan fingerprint density at radius 2 is 1.13 bits per heavy atom. The lowest BCUT2D eigenvalue weighted by molar-refractivity contribution is -0.159. The Labute approximate surface area is 185 Å². The first-order chi connectivity index (χ1) is 14.9. The van der Waals surface area contributed by atoms with Crippen LogP contribution in [0.4, 0.5) is 0 Å². The number of methoxy groups -OCH3 is 2. The first kappa shape index (κ1) is 25.1. The van der Waals surface area contributed by atoms with Gasteiger partial charge in [0, 0.05) is 12.5 Å². The summed E-state index contributed by atoms with van der Waals surface area (Å²) in [4.78, 5) is 0. The number of rotatable bonds is 13. The molecule has 0 bridgehead atoms. The molecule has 6 heteroatoms. The van der Waals surface area contributed by atoms with Crippen LogP contribution in [0.3, 0.4) is 0 Å². The van der Waals surface area contributed by atoms with Crippen molar-refractivity contribution >= 4 is 0 Å². The standard InChI is InChI=1S/C25H36O6/c1-17(2)24(30-15-19-6-10-21(28-4)11-7-19)25(23(27)18(3)14-26)31-16-20-8-12-22(29-5)13-9-20/h6-13,17-18,23-27H,14-16H2,1-5H3/t18?,23-,24?,25?/m1/s1. The Morgan fingerprint density at radius 3 is 1.48 bits per heavy atom. The molecule has 2 aromatic rings. The van der Waals surface area contributed by atoms with Crippen LogP contribution in [0.1, 0.15) is 31.9 Å². The SMILES string of the molecule is COc1ccc(COC(C(C)C)C(OCc2ccc(OC)cc2)[C@H](O)C(C)CO)cc1. The summed E-state index contributed by atoms with van der Waals surface area (Å²) in [6, 6.07) is 15.3. The van der Waals surface area contributed by atoms with Crippen molar-refractivity contribution in [3.05, 3.63) is 59.7 Å². The summed E-state index contributed by atoms with van der Waals surface area (Å²) in [5.41, 5.74) is 1.97. The molecule has 2 N–H and O–H groups in total. The van der Waals surface area contributed by atoms with Crippen LogP contribution < -0.4 is 9.47 Å². The second kappa shape index (κ2) is 12.7. The molecule has 0 saturated carbocycles. The highest BCUT2D eigenvalue weighted by Gasteiger charge is 2.35. The summed E-state index contributed by atoms with van der Waals surface area (Å²) in [7, 11) is 3.26. The summed E-state index contributed by atoms with van der Waals surface area (Å²) in [5.74, 6) is 1.32. The van der Waals surface area contributed by atoms with Gasteiger partial charge in [-0.25, -0.2) is 0 Å². The van der Waals surface area contributed by atoms with Gasteiger partial charge in [-0.3, -0.25) is 0 Å². The Hall–Kier alpha value is -2.12. The van der Waals surface area contributed by atoms with Crippen molar-refractivity contribution < 1.29 is 29.2 Å². The van der Waals surface area contributed by atoms with Crippen molar-refractivity contribution in [2.75, 3.05) is 20.8 Å². The molecule has 31 heavy (non-hydrogen) atoms. The zero-order valence-corrected chi connectivity index (χ0v) is 19.2. The van der Waals surface area contributed by atoms with E-state index in [-0.39, 0.29) is 24.5 Å². The third-order valence-electron chi connectivity index (χ3n) is 5.39. The molecule has 0 aromatic heterocycles. The Bertz CT molecular complexity index is 744. The minimum Gasteiger partial charge on any atom is -0.497 e. The molecule has 0 heterocycles. The molecule has 0 aliphatic heterocycles. The van der Waals surface area contributed by atoms with E-state index >= 15 is 0 Å². The highest BCUT2D eigenvalue weighted by molar-refractivity contribution is 5.27. The van der Waals surface area contributed by atoms with Gasteiger partial charge in [0.05, 0.1) is 39.6 Å². The topological polar surface area (TPSA) is 77.4 Å². The Balaban J connectivity index is 2.13. The second-order valence-electron chi connectivity index (χ2n) is 8.14. The summed E-state index contributed by atoms with van der Waals surface area (Å²) in [6.07, 6.45) is -1.82. The monoisotopic (exact) mass is 432 g/mol. The van der Waals surface area contributed by atoms with E-state index in [9.17, 15) is 10.2 Å². The van der Waals surface area contributed by atoms with E-state index in [1.165, 1.54) is 0 Å². The number of hydrogen-bond acceptors (Lipinski definition) is 6. The van der Waals surface area contributed by atoms with Crippen LogP contribution in [-0.2, 0) is 22.7 Å². The highest BCUT2D eigenvalue weighted by Crippen LogP contribution is 2.25. The molecule has 0 aliphatic carbocycles. The smallest absolute Gasteiger partial charge is 0.118 e. The van der Waals surface area contributed by atoms with E-state index in [1.807, 2.05) is 62.4 Å². The molecule has 0 amide bonds. The number of benzene rings is 2. The normalized spacial score (nSPS) is 15.4. The van der Waals surface area contributed by atoms with Gasteiger partial charge in [-0.1, -0.05) is 45.0 Å². The van der Waals surface area contributed by atoms with Gasteiger partial charge in [0.2, 0.25) is 0 Å². The summed E-state index contributed by atoms with van der Waals surface area (Å²) in [5, 5.41) is 20.5. The lowest BCUT2D eigenvalue weighted by atomic mass is 9.91. The molecule has 6 nitrogen and oxygen atoms in total. The van der Waals surface area contributed by atoms with Gasteiger partial charge in [-0.2, -0.15) is 0 Å². The van der Waals surface area contributed by atoms with Crippen LogP contribution in [-0.4, -0.2) is 49.4 Å². The first-order valence-corrected chi connectivity index (χ1v) is 10.7. The zero-order chi connectivity index (χ0) is 22.8. The summed E-state index contributed by atoms with van der Waals surface area (Å²) in [6.45, 7) is 6.45. The average molecular weight is 433 g/mol. The van der Waals surface area contributed by atoms with Gasteiger partial charge < -0.3 is 29.2 Å². The maximum absolute atomic E-state index is 10.9. The quantitative estimate of drug-likeness (QED) is 0.501. The van der Waals surface area contributed by atoms with Gasteiger partial charge in [0.25, 0.3) is 0 Å². The molecule has 3 unspecified atom stereocenters. The van der Waals surface area contributed by atoms with E-state index in [2.05, 4.69) is 0 Å². The van der Waals surface area contributed by atoms with Gasteiger partial charge in [-0.15, -0.1) is 0 Å². The van der Waals surface area contributed by atoms with Crippen molar-refractivity contribution in [3.63, 3.8) is 0 Å². The number of ether oxygens (including phenoxy) is 4. The fourth-order valence-electron chi connectivity index (χ4n) is 3.31. The fraction of sp³-hybridized carbons (Fsp3) is 0.520. The molecular formula is C25H36O6. The lowest BCUT2D eigenvalue weighted by Gasteiger charge is -2.35. The molecule has 2 rings (SSSR count). The van der Waals surface area contributed by atoms with E-state index in [4.69, 9.17) is 18.9 Å². The molecule has 0 aliphatic rings. The average Bonchev–Trinajstić information content (AvgIpc) is 2.80. The van der Waals surface area contributed by atoms with Crippen LogP contribution in [0.2, 0.25) is 0 Å². The van der Waals surface area contributed by atoms with E-state index < -0.39 is 12.2 Å². The van der Waals surface area contributed by atoms with Crippen molar-refractivity contribution in [1.29, 1.82) is 0 Å². The predicted molar refractivity (Wildman–Crippen MR) is 120 cm³/mol. The van der Waals surface area contributed by atoms with Crippen LogP contribution in [0.15, 0.2) is 48.5 Å². The number of aliphatic hydroxyl groups excluding tert-OH is 2. The van der Waals surface area contributed by atoms with Crippen LogP contribution >= 0.6 is 0 Å². The molecule has 0 spiro atoms. The van der Waals surface area contributed by atoms with E-state index in [0.29, 0.717) is 13.2 Å². The zero-order valence-electron chi connectivity index (χ0n) is 19.2. The van der Waals surface area contributed by atoms with Gasteiger partial charge in [-0.05, 0) is 41.3 Å². The number of hydrogen-bond donors (Lipinski definition) is 2. The summed E-state index contributed by atoms with van der Waals surface area (Å²) < 4.78 is 22.8. The summed E-state index contributed by atoms with van der Waals surface area (Å²) >= 11 is 0. The van der Waals surface area contributed by atoms with Crippen molar-refractivity contribution in [1.82, 2.24) is 0 Å². The van der Waals surface area contributed by atoms with E-state index in [0.717, 1.165) is 22.6 Å². The third-order valence-corrected chi connectivity index (χ3v) is 5.39. The van der Waals surface area contributed by atoms with Crippen molar-refractivity contribution in [2.45, 2.75) is 52.3 Å². The molecule has 2 aromatic carbocycles. The lowest BCUT2D eigenvalue weighted by Crippen LogP contribution is -2.47. The Morgan fingerprint density at radius 1 is 0.710 bits per heavy atom. The van der Waals surface area contributed by atoms with E-state index in [1.54, 1.807) is 21.1 Å². The Kier molecular flexibility index (Phi) is 10.3. The largest absolute Gasteiger partial charge is 0.497 e. The van der Waals surface area contributed by atoms with Crippen LogP contribution in [0.25, 0.3) is 0 Å². The third kappa shape index (κ3) is 7.51. The molecule has 4 atom stereocenters. The minimum absolute atomic E-state index is 0.0969. The highest BCUT2D eigenvalue weighted by atomic mass is 16.5. The van der Waals surface area contributed by atoms with Crippen molar-refractivity contribution in [3.8, 4) is 11.5 Å². The van der Waals surface area contributed by atoms with Gasteiger partial charge >= 0.3 is 0 Å². The van der Waals surface area contributed by atoms with Gasteiger partial charge in [0.15, 0.2) is 0 Å². The van der Waals surface area contributed by atoms with Gasteiger partial charge in [0.1, 0.15) is 17.6 Å². The maximum Gasteiger partial charge on any atom is 0.118 e. The molecule has 172 valence electrons. The van der Waals surface area contributed by atoms with Crippen molar-refractivity contribution in [2.24, 2.45) is 11.8 Å². The van der Waals surface area contributed by atoms with Crippen LogP contribution in [0, 0.1) is 11.8 Å². The maximum atomic E-state index is 10.9. The second-order valence-corrected chi connectivity index (χ2v) is 8.14. The first-order valence-electron chi connectivity index (χ1n) is 10.7. The van der Waals surface area contributed by atoms with Crippen LogP contribution in [0.5, 0.6) is 11.5 Å². The fourth-order valence-corrected chi connectivity index (χ4v) is 3.31. The minimum atomic E-state index is -0.869. The molecule has 0 saturated heterocycles. The predicted octanol–water partition coefficient (Wildman–Crippen LogP) is 3.82. The molecular weight excluding hydrogens is 396 g/mol.